The number of rotatable bonds is 7. The molecule has 0 aliphatic carbocycles. The molecule has 0 saturated heterocycles. The van der Waals surface area contributed by atoms with Gasteiger partial charge < -0.3 is 14.8 Å². The second kappa shape index (κ2) is 11.3. The molecule has 0 aliphatic heterocycles. The zero-order valence-electron chi connectivity index (χ0n) is 19.4. The number of fused-ring (bicyclic) bond motifs is 1. The Morgan fingerprint density at radius 3 is 2.44 bits per heavy atom. The number of carbonyl (C=O) groups is 1. The minimum absolute atomic E-state index is 0.0187. The van der Waals surface area contributed by atoms with Gasteiger partial charge >= 0.3 is 12.1 Å². The van der Waals surface area contributed by atoms with E-state index in [0.29, 0.717) is 23.7 Å². The molecular weight excluding hydrogens is 483 g/mol. The van der Waals surface area contributed by atoms with Crippen LogP contribution in [0.2, 0.25) is 0 Å². The third-order valence-electron chi connectivity index (χ3n) is 5.09. The molecule has 0 unspecified atom stereocenters. The van der Waals surface area contributed by atoms with Crippen molar-refractivity contribution in [2.45, 2.75) is 33.0 Å². The van der Waals surface area contributed by atoms with Crippen LogP contribution in [0.25, 0.3) is 33.7 Å². The van der Waals surface area contributed by atoms with Crippen LogP contribution in [0.1, 0.15) is 31.4 Å². The Balaban J connectivity index is 0.00000176. The molecule has 5 nitrogen and oxygen atoms in total. The minimum atomic E-state index is -4.84. The van der Waals surface area contributed by atoms with Gasteiger partial charge in [-0.1, -0.05) is 26.0 Å². The van der Waals surface area contributed by atoms with Gasteiger partial charge in [-0.05, 0) is 53.6 Å². The molecular formula is C26H23F5N2O3. The summed E-state index contributed by atoms with van der Waals surface area (Å²) in [7, 11) is 0. The number of aliphatic carboxylic acids is 1. The summed E-state index contributed by atoms with van der Waals surface area (Å²) in [5.74, 6) is -2.83. The SMILES string of the molecule is CC.O=C(O)CCNCc1ccc2oc(-c3ccc(-c4cc(F)ccc4F)c(C(F)(F)F)c3)nc2c1. The standard InChI is InChI=1S/C24H17F5N2O3.C2H6/c25-15-3-5-19(26)17(11-15)16-4-2-14(10-18(16)24(27,28)29)23-31-20-9-13(1-6-21(20)34-23)12-30-8-7-22(32)33;1-2/h1-6,9-11,30H,7-8,12H2,(H,32,33);1-2H3. The lowest BCUT2D eigenvalue weighted by molar-refractivity contribution is -0.137. The Bertz CT molecular complexity index is 1370. The molecule has 1 aromatic heterocycles. The molecule has 0 fully saturated rings. The topological polar surface area (TPSA) is 75.4 Å². The Hall–Kier alpha value is -3.79. The Kier molecular flexibility index (Phi) is 8.41. The monoisotopic (exact) mass is 506 g/mol. The van der Waals surface area contributed by atoms with E-state index in [4.69, 9.17) is 9.52 Å². The van der Waals surface area contributed by atoms with Gasteiger partial charge in [0.15, 0.2) is 5.58 Å². The van der Waals surface area contributed by atoms with Gasteiger partial charge in [0.2, 0.25) is 5.89 Å². The van der Waals surface area contributed by atoms with Crippen LogP contribution >= 0.6 is 0 Å². The van der Waals surface area contributed by atoms with Crippen molar-refractivity contribution in [3.8, 4) is 22.6 Å². The van der Waals surface area contributed by atoms with Gasteiger partial charge in [0, 0.05) is 24.2 Å². The lowest BCUT2D eigenvalue weighted by Crippen LogP contribution is -2.17. The van der Waals surface area contributed by atoms with Crippen molar-refractivity contribution in [2.75, 3.05) is 6.54 Å². The lowest BCUT2D eigenvalue weighted by atomic mass is 9.96. The van der Waals surface area contributed by atoms with E-state index in [0.717, 1.165) is 29.8 Å². The molecule has 2 N–H and O–H groups in total. The number of hydrogen-bond donors (Lipinski definition) is 2. The van der Waals surface area contributed by atoms with Crippen LogP contribution in [0, 0.1) is 11.6 Å². The number of benzene rings is 3. The van der Waals surface area contributed by atoms with Crippen LogP contribution in [0.3, 0.4) is 0 Å². The van der Waals surface area contributed by atoms with E-state index < -0.39 is 40.5 Å². The van der Waals surface area contributed by atoms with Crippen molar-refractivity contribution in [2.24, 2.45) is 0 Å². The summed E-state index contributed by atoms with van der Waals surface area (Å²) < 4.78 is 74.8. The summed E-state index contributed by atoms with van der Waals surface area (Å²) in [6, 6.07) is 10.5. The number of nitrogens with one attached hydrogen (secondary N) is 1. The molecule has 190 valence electrons. The number of oxazole rings is 1. The van der Waals surface area contributed by atoms with Crippen LogP contribution < -0.4 is 5.32 Å². The van der Waals surface area contributed by atoms with E-state index in [2.05, 4.69) is 10.3 Å². The summed E-state index contributed by atoms with van der Waals surface area (Å²) in [5, 5.41) is 11.6. The minimum Gasteiger partial charge on any atom is -0.481 e. The van der Waals surface area contributed by atoms with Crippen LogP contribution in [-0.4, -0.2) is 22.6 Å². The smallest absolute Gasteiger partial charge is 0.417 e. The molecule has 10 heteroatoms. The van der Waals surface area contributed by atoms with Gasteiger partial charge in [0.1, 0.15) is 17.2 Å². The zero-order valence-corrected chi connectivity index (χ0v) is 19.4. The maximum Gasteiger partial charge on any atom is 0.417 e. The predicted octanol–water partition coefficient (Wildman–Crippen LogP) is 7.05. The van der Waals surface area contributed by atoms with E-state index >= 15 is 0 Å². The molecule has 0 radical (unpaired) electrons. The highest BCUT2D eigenvalue weighted by atomic mass is 19.4. The van der Waals surface area contributed by atoms with E-state index in [1.165, 1.54) is 6.07 Å². The number of alkyl halides is 3. The molecule has 0 amide bonds. The summed E-state index contributed by atoms with van der Waals surface area (Å²) in [4.78, 5) is 14.8. The van der Waals surface area contributed by atoms with Gasteiger partial charge in [-0.2, -0.15) is 13.2 Å². The fraction of sp³-hybridized carbons (Fsp3) is 0.231. The quantitative estimate of drug-likeness (QED) is 0.208. The first-order valence-electron chi connectivity index (χ1n) is 11.1. The molecule has 0 spiro atoms. The summed E-state index contributed by atoms with van der Waals surface area (Å²) in [5.41, 5.74) is -0.606. The van der Waals surface area contributed by atoms with Crippen molar-refractivity contribution in [1.29, 1.82) is 0 Å². The second-order valence-corrected chi connectivity index (χ2v) is 7.52. The highest BCUT2D eigenvalue weighted by Crippen LogP contribution is 2.40. The maximum absolute atomic E-state index is 14.2. The molecule has 4 rings (SSSR count). The number of nitrogens with zero attached hydrogens (tertiary/aromatic N) is 1. The average Bonchev–Trinajstić information content (AvgIpc) is 3.27. The van der Waals surface area contributed by atoms with E-state index in [-0.39, 0.29) is 24.4 Å². The van der Waals surface area contributed by atoms with Crippen LogP contribution in [-0.2, 0) is 17.5 Å². The fourth-order valence-corrected chi connectivity index (χ4v) is 3.49. The molecule has 0 bridgehead atoms. The van der Waals surface area contributed by atoms with Crippen molar-refractivity contribution < 1.29 is 36.3 Å². The predicted molar refractivity (Wildman–Crippen MR) is 125 cm³/mol. The largest absolute Gasteiger partial charge is 0.481 e. The lowest BCUT2D eigenvalue weighted by Gasteiger charge is -2.14. The van der Waals surface area contributed by atoms with E-state index in [9.17, 15) is 26.7 Å². The number of carboxylic acid groups (broad SMARTS) is 1. The average molecular weight is 506 g/mol. The fourth-order valence-electron chi connectivity index (χ4n) is 3.49. The molecule has 1 heterocycles. The van der Waals surface area contributed by atoms with Crippen molar-refractivity contribution >= 4 is 17.1 Å². The highest BCUT2D eigenvalue weighted by Gasteiger charge is 2.35. The van der Waals surface area contributed by atoms with Crippen molar-refractivity contribution in [3.05, 3.63) is 77.4 Å². The van der Waals surface area contributed by atoms with Gasteiger partial charge in [-0.25, -0.2) is 13.8 Å². The normalized spacial score (nSPS) is 11.3. The van der Waals surface area contributed by atoms with Crippen LogP contribution in [0.5, 0.6) is 0 Å². The maximum atomic E-state index is 14.2. The third kappa shape index (κ3) is 6.25. The first-order valence-corrected chi connectivity index (χ1v) is 11.1. The first kappa shape index (κ1) is 26.8. The zero-order chi connectivity index (χ0) is 26.5. The Labute approximate surface area is 203 Å². The number of hydrogen-bond acceptors (Lipinski definition) is 4. The molecule has 36 heavy (non-hydrogen) atoms. The van der Waals surface area contributed by atoms with Crippen molar-refractivity contribution in [1.82, 2.24) is 10.3 Å². The van der Waals surface area contributed by atoms with Gasteiger partial charge in [0.05, 0.1) is 12.0 Å². The van der Waals surface area contributed by atoms with Crippen LogP contribution in [0.15, 0.2) is 59.0 Å². The Morgan fingerprint density at radius 2 is 1.75 bits per heavy atom. The molecule has 0 saturated carbocycles. The molecule has 0 atom stereocenters. The summed E-state index contributed by atoms with van der Waals surface area (Å²) in [6.07, 6.45) is -4.88. The second-order valence-electron chi connectivity index (χ2n) is 7.52. The van der Waals surface area contributed by atoms with Crippen molar-refractivity contribution in [3.63, 3.8) is 0 Å². The van der Waals surface area contributed by atoms with Gasteiger partial charge in [-0.15, -0.1) is 0 Å². The molecule has 0 aliphatic rings. The summed E-state index contributed by atoms with van der Waals surface area (Å²) >= 11 is 0. The number of aromatic nitrogens is 1. The van der Waals surface area contributed by atoms with Crippen LogP contribution in [0.4, 0.5) is 22.0 Å². The van der Waals surface area contributed by atoms with Gasteiger partial charge in [0.25, 0.3) is 0 Å². The molecule has 4 aromatic rings. The van der Waals surface area contributed by atoms with E-state index in [1.54, 1.807) is 18.2 Å². The van der Waals surface area contributed by atoms with Gasteiger partial charge in [-0.3, -0.25) is 4.79 Å². The number of carboxylic acids is 1. The highest BCUT2D eigenvalue weighted by molar-refractivity contribution is 5.78. The first-order chi connectivity index (χ1) is 17.1. The molecule has 3 aromatic carbocycles. The van der Waals surface area contributed by atoms with E-state index in [1.807, 2.05) is 13.8 Å². The summed E-state index contributed by atoms with van der Waals surface area (Å²) in [6.45, 7) is 4.65. The third-order valence-corrected chi connectivity index (χ3v) is 5.09. The number of halogens is 5. The Morgan fingerprint density at radius 1 is 1.00 bits per heavy atom.